The van der Waals surface area contributed by atoms with E-state index in [-0.39, 0.29) is 12.3 Å². The van der Waals surface area contributed by atoms with Crippen LogP contribution in [0.5, 0.6) is 0 Å². The zero-order chi connectivity index (χ0) is 15.1. The highest BCUT2D eigenvalue weighted by molar-refractivity contribution is 7.98. The highest BCUT2D eigenvalue weighted by atomic mass is 32.2. The molecule has 4 nitrogen and oxygen atoms in total. The molecule has 1 amide bonds. The Morgan fingerprint density at radius 3 is 2.50 bits per heavy atom. The SMILES string of the molecule is CCC(=O)N(c1ccccc1C)[C@@H](CCSC)C(=O)O. The van der Waals surface area contributed by atoms with E-state index in [0.29, 0.717) is 17.9 Å². The molecule has 20 heavy (non-hydrogen) atoms. The fourth-order valence-corrected chi connectivity index (χ4v) is 2.53. The van der Waals surface area contributed by atoms with E-state index in [1.807, 2.05) is 31.4 Å². The van der Waals surface area contributed by atoms with Gasteiger partial charge in [0.05, 0.1) is 0 Å². The fourth-order valence-electron chi connectivity index (χ4n) is 2.07. The molecule has 1 aromatic carbocycles. The molecular formula is C15H21NO3S. The zero-order valence-electron chi connectivity index (χ0n) is 12.1. The lowest BCUT2D eigenvalue weighted by Gasteiger charge is -2.30. The summed E-state index contributed by atoms with van der Waals surface area (Å²) in [4.78, 5) is 25.2. The number of carboxylic acid groups (broad SMARTS) is 1. The van der Waals surface area contributed by atoms with Crippen molar-refractivity contribution in [2.24, 2.45) is 0 Å². The smallest absolute Gasteiger partial charge is 0.326 e. The van der Waals surface area contributed by atoms with Crippen LogP contribution in [0.1, 0.15) is 25.3 Å². The van der Waals surface area contributed by atoms with Gasteiger partial charge in [-0.1, -0.05) is 25.1 Å². The molecule has 1 atom stereocenters. The van der Waals surface area contributed by atoms with Gasteiger partial charge in [0.2, 0.25) is 5.91 Å². The third-order valence-electron chi connectivity index (χ3n) is 3.14. The minimum absolute atomic E-state index is 0.159. The topological polar surface area (TPSA) is 57.6 Å². The number of anilines is 1. The number of hydrogen-bond donors (Lipinski definition) is 1. The lowest BCUT2D eigenvalue weighted by molar-refractivity contribution is -0.140. The number of carbonyl (C=O) groups is 2. The van der Waals surface area contributed by atoms with Crippen molar-refractivity contribution in [3.05, 3.63) is 29.8 Å². The summed E-state index contributed by atoms with van der Waals surface area (Å²) in [5.41, 5.74) is 1.59. The Hall–Kier alpha value is -1.49. The van der Waals surface area contributed by atoms with E-state index < -0.39 is 12.0 Å². The van der Waals surface area contributed by atoms with E-state index >= 15 is 0 Å². The third-order valence-corrected chi connectivity index (χ3v) is 3.78. The first kappa shape index (κ1) is 16.6. The highest BCUT2D eigenvalue weighted by Gasteiger charge is 2.30. The minimum Gasteiger partial charge on any atom is -0.480 e. The maximum Gasteiger partial charge on any atom is 0.326 e. The standard InChI is InChI=1S/C15H21NO3S/c1-4-14(17)16(12-8-6-5-7-11(12)2)13(15(18)19)9-10-20-3/h5-8,13H,4,9-10H2,1-3H3,(H,18,19)/t13-/m0/s1. The molecule has 5 heteroatoms. The quantitative estimate of drug-likeness (QED) is 0.840. The summed E-state index contributed by atoms with van der Waals surface area (Å²) in [5, 5.41) is 9.46. The molecule has 0 aliphatic heterocycles. The molecule has 0 fully saturated rings. The lowest BCUT2D eigenvalue weighted by Crippen LogP contribution is -2.46. The van der Waals surface area contributed by atoms with Crippen LogP contribution in [0.15, 0.2) is 24.3 Å². The van der Waals surface area contributed by atoms with Crippen LogP contribution in [0.2, 0.25) is 0 Å². The zero-order valence-corrected chi connectivity index (χ0v) is 12.9. The average Bonchev–Trinajstić information content (AvgIpc) is 2.43. The Labute approximate surface area is 124 Å². The first-order chi connectivity index (χ1) is 9.52. The molecule has 1 rings (SSSR count). The van der Waals surface area contributed by atoms with Crippen LogP contribution in [0.3, 0.4) is 0 Å². The van der Waals surface area contributed by atoms with Crippen LogP contribution in [0.4, 0.5) is 5.69 Å². The predicted octanol–water partition coefficient (Wildman–Crippen LogP) is 2.94. The molecule has 0 aliphatic rings. The van der Waals surface area contributed by atoms with Crippen molar-refractivity contribution < 1.29 is 14.7 Å². The molecule has 0 radical (unpaired) electrons. The van der Waals surface area contributed by atoms with Gasteiger partial charge in [-0.05, 0) is 37.0 Å². The summed E-state index contributed by atoms with van der Waals surface area (Å²) >= 11 is 1.58. The number of aliphatic carboxylic acids is 1. The third kappa shape index (κ3) is 4.00. The molecule has 1 aromatic rings. The van der Waals surface area contributed by atoms with Gasteiger partial charge in [0.1, 0.15) is 6.04 Å². The van der Waals surface area contributed by atoms with Crippen LogP contribution in [-0.2, 0) is 9.59 Å². The van der Waals surface area contributed by atoms with Gasteiger partial charge in [-0.3, -0.25) is 9.69 Å². The Balaban J connectivity index is 3.19. The molecule has 0 aliphatic carbocycles. The number of benzene rings is 1. The second-order valence-electron chi connectivity index (χ2n) is 4.54. The number of thioether (sulfide) groups is 1. The summed E-state index contributed by atoms with van der Waals surface area (Å²) in [6.45, 7) is 3.64. The number of hydrogen-bond acceptors (Lipinski definition) is 3. The van der Waals surface area contributed by atoms with E-state index in [1.54, 1.807) is 24.8 Å². The molecule has 0 aromatic heterocycles. The largest absolute Gasteiger partial charge is 0.480 e. The van der Waals surface area contributed by atoms with Crippen LogP contribution in [0, 0.1) is 6.92 Å². The van der Waals surface area contributed by atoms with Crippen molar-refractivity contribution in [2.75, 3.05) is 16.9 Å². The summed E-state index contributed by atoms with van der Waals surface area (Å²) in [6, 6.07) is 6.59. The fraction of sp³-hybridized carbons (Fsp3) is 0.467. The molecule has 0 unspecified atom stereocenters. The van der Waals surface area contributed by atoms with Gasteiger partial charge in [0, 0.05) is 12.1 Å². The molecule has 0 heterocycles. The molecule has 0 saturated carbocycles. The van der Waals surface area contributed by atoms with E-state index in [9.17, 15) is 14.7 Å². The Morgan fingerprint density at radius 1 is 1.35 bits per heavy atom. The number of rotatable bonds is 7. The summed E-state index contributed by atoms with van der Waals surface area (Å²) < 4.78 is 0. The lowest BCUT2D eigenvalue weighted by atomic mass is 10.1. The second-order valence-corrected chi connectivity index (χ2v) is 5.52. The Bertz CT molecular complexity index is 476. The second kappa shape index (κ2) is 7.94. The number of carboxylic acids is 1. The number of nitrogens with zero attached hydrogens (tertiary/aromatic N) is 1. The summed E-state index contributed by atoms with van der Waals surface area (Å²) in [7, 11) is 0. The van der Waals surface area contributed by atoms with E-state index in [4.69, 9.17) is 0 Å². The van der Waals surface area contributed by atoms with Gasteiger partial charge in [-0.15, -0.1) is 0 Å². The molecule has 110 valence electrons. The van der Waals surface area contributed by atoms with Gasteiger partial charge in [-0.2, -0.15) is 11.8 Å². The van der Waals surface area contributed by atoms with Gasteiger partial charge in [0.25, 0.3) is 0 Å². The molecule has 0 saturated heterocycles. The van der Waals surface area contributed by atoms with Gasteiger partial charge in [-0.25, -0.2) is 4.79 Å². The number of carbonyl (C=O) groups excluding carboxylic acids is 1. The molecule has 0 spiro atoms. The van der Waals surface area contributed by atoms with Crippen molar-refractivity contribution in [3.63, 3.8) is 0 Å². The van der Waals surface area contributed by atoms with Crippen LogP contribution >= 0.6 is 11.8 Å². The molecule has 1 N–H and O–H groups in total. The monoisotopic (exact) mass is 295 g/mol. The van der Waals surface area contributed by atoms with E-state index in [1.165, 1.54) is 4.90 Å². The average molecular weight is 295 g/mol. The predicted molar refractivity (Wildman–Crippen MR) is 83.4 cm³/mol. The van der Waals surface area contributed by atoms with Gasteiger partial charge >= 0.3 is 5.97 Å². The molecule has 0 bridgehead atoms. The van der Waals surface area contributed by atoms with Crippen molar-refractivity contribution in [1.29, 1.82) is 0 Å². The molecular weight excluding hydrogens is 274 g/mol. The van der Waals surface area contributed by atoms with Gasteiger partial charge in [0.15, 0.2) is 0 Å². The number of amides is 1. The first-order valence-corrected chi connectivity index (χ1v) is 8.01. The highest BCUT2D eigenvalue weighted by Crippen LogP contribution is 2.24. The van der Waals surface area contributed by atoms with E-state index in [2.05, 4.69) is 0 Å². The van der Waals surface area contributed by atoms with Crippen molar-refractivity contribution >= 4 is 29.3 Å². The number of aryl methyl sites for hydroxylation is 1. The van der Waals surface area contributed by atoms with Crippen LogP contribution in [0.25, 0.3) is 0 Å². The summed E-state index contributed by atoms with van der Waals surface area (Å²) in [5.74, 6) is -0.409. The van der Waals surface area contributed by atoms with Crippen molar-refractivity contribution in [2.45, 2.75) is 32.7 Å². The minimum atomic E-state index is -0.955. The maximum absolute atomic E-state index is 12.2. The van der Waals surface area contributed by atoms with Crippen LogP contribution < -0.4 is 4.90 Å². The normalized spacial score (nSPS) is 11.9. The Morgan fingerprint density at radius 2 is 2.00 bits per heavy atom. The Kier molecular flexibility index (Phi) is 6.58. The first-order valence-electron chi connectivity index (χ1n) is 6.62. The maximum atomic E-state index is 12.2. The summed E-state index contributed by atoms with van der Waals surface area (Å²) in [6.07, 6.45) is 2.66. The van der Waals surface area contributed by atoms with Gasteiger partial charge < -0.3 is 5.11 Å². The van der Waals surface area contributed by atoms with Crippen molar-refractivity contribution in [1.82, 2.24) is 0 Å². The van der Waals surface area contributed by atoms with E-state index in [0.717, 1.165) is 5.56 Å². The number of para-hydroxylation sites is 1. The van der Waals surface area contributed by atoms with Crippen molar-refractivity contribution in [3.8, 4) is 0 Å². The van der Waals surface area contributed by atoms with Crippen LogP contribution in [-0.4, -0.2) is 35.0 Å².